The van der Waals surface area contributed by atoms with E-state index < -0.39 is 18.5 Å². The van der Waals surface area contributed by atoms with Gasteiger partial charge in [-0.3, -0.25) is 14.9 Å². The zero-order valence-corrected chi connectivity index (χ0v) is 20.8. The lowest BCUT2D eigenvalue weighted by molar-refractivity contribution is -0.144. The number of hydrogen-bond acceptors (Lipinski definition) is 6. The maximum absolute atomic E-state index is 12.2. The number of aromatic nitrogens is 1. The number of benzene rings is 3. The third-order valence-corrected chi connectivity index (χ3v) is 7.10. The summed E-state index contributed by atoms with van der Waals surface area (Å²) in [6.45, 7) is -0.399. The average molecular weight is 529 g/mol. The van der Waals surface area contributed by atoms with E-state index in [1.54, 1.807) is 18.2 Å². The highest BCUT2D eigenvalue weighted by Crippen LogP contribution is 2.30. The minimum absolute atomic E-state index is 0.00766. The number of rotatable bonds is 8. The van der Waals surface area contributed by atoms with Crippen molar-refractivity contribution in [2.75, 3.05) is 17.7 Å². The van der Waals surface area contributed by atoms with Crippen molar-refractivity contribution in [1.82, 2.24) is 4.98 Å². The van der Waals surface area contributed by atoms with Crippen LogP contribution in [-0.4, -0.2) is 29.2 Å². The molecule has 4 rings (SSSR count). The van der Waals surface area contributed by atoms with Crippen LogP contribution >= 0.6 is 46.3 Å². The lowest BCUT2D eigenvalue weighted by Gasteiger charge is -2.06. The number of ether oxygens (including phenoxy) is 1. The van der Waals surface area contributed by atoms with Gasteiger partial charge in [-0.05, 0) is 29.3 Å². The van der Waals surface area contributed by atoms with E-state index in [0.29, 0.717) is 20.1 Å². The molecule has 0 aliphatic carbocycles. The number of carbonyl (C=O) groups excluding carboxylic acids is 2. The molecule has 0 unspecified atom stereocenters. The molecule has 0 radical (unpaired) electrons. The Kier molecular flexibility index (Phi) is 8.24. The van der Waals surface area contributed by atoms with Gasteiger partial charge in [-0.15, -0.1) is 23.1 Å². The van der Waals surface area contributed by atoms with Crippen molar-refractivity contribution in [2.24, 2.45) is 0 Å². The molecule has 1 N–H and O–H groups in total. The van der Waals surface area contributed by atoms with Gasteiger partial charge >= 0.3 is 5.97 Å². The van der Waals surface area contributed by atoms with Crippen molar-refractivity contribution >= 4 is 63.3 Å². The standard InChI is InChI=1S/C25H18Cl2N2O3S2/c26-19-10-11-20(27)22(12-19)33-15-24(31)32-13-23(30)29-25-28-21(14-34-25)18-8-6-17(7-9-18)16-4-2-1-3-5-16/h1-12,14H,13,15H2,(H,28,29,30). The van der Waals surface area contributed by atoms with Gasteiger partial charge in [-0.25, -0.2) is 4.98 Å². The molecule has 172 valence electrons. The van der Waals surface area contributed by atoms with Crippen LogP contribution in [0, 0.1) is 0 Å². The highest BCUT2D eigenvalue weighted by Gasteiger charge is 2.12. The van der Waals surface area contributed by atoms with Gasteiger partial charge in [-0.2, -0.15) is 0 Å². The van der Waals surface area contributed by atoms with E-state index in [2.05, 4.69) is 22.4 Å². The summed E-state index contributed by atoms with van der Waals surface area (Å²) in [7, 11) is 0. The summed E-state index contributed by atoms with van der Waals surface area (Å²) < 4.78 is 5.04. The summed E-state index contributed by atoms with van der Waals surface area (Å²) >= 11 is 14.5. The van der Waals surface area contributed by atoms with E-state index in [9.17, 15) is 9.59 Å². The summed E-state index contributed by atoms with van der Waals surface area (Å²) in [5.41, 5.74) is 3.96. The molecular weight excluding hydrogens is 511 g/mol. The van der Waals surface area contributed by atoms with Crippen LogP contribution in [0.25, 0.3) is 22.4 Å². The number of amides is 1. The summed E-state index contributed by atoms with van der Waals surface area (Å²) in [5, 5.41) is 5.98. The van der Waals surface area contributed by atoms with Gasteiger partial charge < -0.3 is 4.74 Å². The van der Waals surface area contributed by atoms with Gasteiger partial charge in [-0.1, -0.05) is 77.8 Å². The van der Waals surface area contributed by atoms with Crippen molar-refractivity contribution in [3.8, 4) is 22.4 Å². The predicted octanol–water partition coefficient (Wildman–Crippen LogP) is 7.06. The third kappa shape index (κ3) is 6.61. The maximum atomic E-state index is 12.2. The first-order valence-electron chi connectivity index (χ1n) is 10.1. The topological polar surface area (TPSA) is 68.3 Å². The molecule has 9 heteroatoms. The van der Waals surface area contributed by atoms with Gasteiger partial charge in [0.15, 0.2) is 11.7 Å². The molecule has 0 atom stereocenters. The van der Waals surface area contributed by atoms with Gasteiger partial charge in [0.05, 0.1) is 16.5 Å². The van der Waals surface area contributed by atoms with Crippen LogP contribution in [0.2, 0.25) is 10.0 Å². The zero-order chi connectivity index (χ0) is 23.9. The van der Waals surface area contributed by atoms with Gasteiger partial charge in [0.1, 0.15) is 0 Å². The molecule has 3 aromatic carbocycles. The Morgan fingerprint density at radius 3 is 2.41 bits per heavy atom. The third-order valence-electron chi connectivity index (χ3n) is 4.64. The van der Waals surface area contributed by atoms with Gasteiger partial charge in [0, 0.05) is 20.9 Å². The molecule has 0 bridgehead atoms. The number of esters is 1. The molecular formula is C25H18Cl2N2O3S2. The number of hydrogen-bond donors (Lipinski definition) is 1. The van der Waals surface area contributed by atoms with Crippen LogP contribution in [0.5, 0.6) is 0 Å². The zero-order valence-electron chi connectivity index (χ0n) is 17.7. The van der Waals surface area contributed by atoms with E-state index in [-0.39, 0.29) is 5.75 Å². The first-order valence-corrected chi connectivity index (χ1v) is 12.7. The van der Waals surface area contributed by atoms with Crippen LogP contribution in [0.15, 0.2) is 83.1 Å². The molecule has 0 aliphatic rings. The number of thioether (sulfide) groups is 1. The monoisotopic (exact) mass is 528 g/mol. The van der Waals surface area contributed by atoms with Crippen LogP contribution < -0.4 is 5.32 Å². The molecule has 34 heavy (non-hydrogen) atoms. The number of halogens is 2. The molecule has 1 amide bonds. The lowest BCUT2D eigenvalue weighted by atomic mass is 10.0. The smallest absolute Gasteiger partial charge is 0.316 e. The van der Waals surface area contributed by atoms with Crippen LogP contribution in [0.3, 0.4) is 0 Å². The SMILES string of the molecule is O=C(COC(=O)CSc1cc(Cl)ccc1Cl)Nc1nc(-c2ccc(-c3ccccc3)cc2)cs1. The molecule has 0 saturated heterocycles. The molecule has 4 aromatic rings. The predicted molar refractivity (Wildman–Crippen MR) is 140 cm³/mol. The summed E-state index contributed by atoms with van der Waals surface area (Å²) in [4.78, 5) is 29.3. The first-order chi connectivity index (χ1) is 16.5. The number of nitrogens with one attached hydrogen (secondary N) is 1. The molecule has 0 spiro atoms. The van der Waals surface area contributed by atoms with Crippen molar-refractivity contribution < 1.29 is 14.3 Å². The van der Waals surface area contributed by atoms with Crippen LogP contribution in [-0.2, 0) is 14.3 Å². The average Bonchev–Trinajstić information content (AvgIpc) is 3.32. The fourth-order valence-electron chi connectivity index (χ4n) is 3.00. The number of thiazole rings is 1. The fourth-order valence-corrected chi connectivity index (χ4v) is 5.02. The number of nitrogens with zero attached hydrogens (tertiary/aromatic N) is 1. The van der Waals surface area contributed by atoms with Gasteiger partial charge in [0.25, 0.3) is 5.91 Å². The summed E-state index contributed by atoms with van der Waals surface area (Å²) in [6.07, 6.45) is 0. The molecule has 0 saturated carbocycles. The van der Waals surface area contributed by atoms with Crippen molar-refractivity contribution in [1.29, 1.82) is 0 Å². The highest BCUT2D eigenvalue weighted by atomic mass is 35.5. The Hall–Kier alpha value is -2.84. The Morgan fingerprint density at radius 2 is 1.65 bits per heavy atom. The largest absolute Gasteiger partial charge is 0.455 e. The van der Waals surface area contributed by atoms with E-state index in [0.717, 1.165) is 22.4 Å². The first kappa shape index (κ1) is 24.3. The Bertz CT molecular complexity index is 1300. The second-order valence-corrected chi connectivity index (χ2v) is 9.77. The lowest BCUT2D eigenvalue weighted by Crippen LogP contribution is -2.21. The van der Waals surface area contributed by atoms with E-state index in [1.165, 1.54) is 23.1 Å². The highest BCUT2D eigenvalue weighted by molar-refractivity contribution is 8.00. The summed E-state index contributed by atoms with van der Waals surface area (Å²) in [5.74, 6) is -0.984. The van der Waals surface area contributed by atoms with E-state index in [4.69, 9.17) is 27.9 Å². The van der Waals surface area contributed by atoms with Crippen LogP contribution in [0.1, 0.15) is 0 Å². The second kappa shape index (κ2) is 11.5. The molecule has 1 heterocycles. The Labute approximate surface area is 215 Å². The van der Waals surface area contributed by atoms with Crippen molar-refractivity contribution in [3.63, 3.8) is 0 Å². The minimum Gasteiger partial charge on any atom is -0.455 e. The fraction of sp³-hybridized carbons (Fsp3) is 0.0800. The van der Waals surface area contributed by atoms with Crippen LogP contribution in [0.4, 0.5) is 5.13 Å². The Morgan fingerprint density at radius 1 is 0.941 bits per heavy atom. The van der Waals surface area contributed by atoms with Gasteiger partial charge in [0.2, 0.25) is 0 Å². The minimum atomic E-state index is -0.533. The van der Waals surface area contributed by atoms with Crippen molar-refractivity contribution in [3.05, 3.63) is 88.2 Å². The maximum Gasteiger partial charge on any atom is 0.316 e. The Balaban J connectivity index is 1.26. The van der Waals surface area contributed by atoms with E-state index >= 15 is 0 Å². The second-order valence-electron chi connectivity index (χ2n) is 7.05. The van der Waals surface area contributed by atoms with Crippen molar-refractivity contribution in [2.45, 2.75) is 4.90 Å². The van der Waals surface area contributed by atoms with E-state index in [1.807, 2.05) is 47.8 Å². The molecule has 5 nitrogen and oxygen atoms in total. The quantitative estimate of drug-likeness (QED) is 0.196. The normalized spacial score (nSPS) is 10.6. The number of carbonyl (C=O) groups is 2. The summed E-state index contributed by atoms with van der Waals surface area (Å²) in [6, 6.07) is 23.2. The molecule has 1 aromatic heterocycles. The number of anilines is 1. The molecule has 0 aliphatic heterocycles. The molecule has 0 fully saturated rings.